The summed E-state index contributed by atoms with van der Waals surface area (Å²) in [6.07, 6.45) is 5.63. The smallest absolute Gasteiger partial charge is 0.218 e. The Morgan fingerprint density at radius 1 is 1.23 bits per heavy atom. The van der Waals surface area contributed by atoms with Crippen LogP contribution in [-0.4, -0.2) is 27.1 Å². The topological polar surface area (TPSA) is 69.4 Å². The summed E-state index contributed by atoms with van der Waals surface area (Å²) in [5, 5.41) is 14.3. The van der Waals surface area contributed by atoms with Gasteiger partial charge in [0.05, 0.1) is 11.0 Å². The molecule has 2 aromatic heterocycles. The van der Waals surface area contributed by atoms with Gasteiger partial charge in [0.15, 0.2) is 0 Å². The van der Waals surface area contributed by atoms with Crippen LogP contribution in [0.15, 0.2) is 48.7 Å². The second-order valence-corrected chi connectivity index (χ2v) is 6.91. The molecular weight excluding hydrogens is 322 g/mol. The highest BCUT2D eigenvalue weighted by molar-refractivity contribution is 5.87. The molecule has 2 aromatic carbocycles. The van der Waals surface area contributed by atoms with Crippen molar-refractivity contribution in [3.63, 3.8) is 0 Å². The molecule has 0 unspecified atom stereocenters. The van der Waals surface area contributed by atoms with E-state index in [1.807, 2.05) is 34.9 Å². The number of aromatic nitrogens is 3. The molecule has 0 saturated carbocycles. The van der Waals surface area contributed by atoms with E-state index in [-0.39, 0.29) is 0 Å². The van der Waals surface area contributed by atoms with Gasteiger partial charge < -0.3 is 10.3 Å². The lowest BCUT2D eigenvalue weighted by molar-refractivity contribution is 0.605. The molecule has 2 N–H and O–H groups in total. The summed E-state index contributed by atoms with van der Waals surface area (Å²) in [4.78, 5) is 7.85. The van der Waals surface area contributed by atoms with Gasteiger partial charge in [-0.3, -0.25) is 4.57 Å². The normalized spacial score (nSPS) is 17.1. The fourth-order valence-electron chi connectivity index (χ4n) is 4.03. The lowest BCUT2D eigenvalue weighted by Crippen LogP contribution is -2.23. The highest BCUT2D eigenvalue weighted by Crippen LogP contribution is 2.27. The van der Waals surface area contributed by atoms with Crippen LogP contribution in [0.2, 0.25) is 0 Å². The summed E-state index contributed by atoms with van der Waals surface area (Å²) in [6, 6.07) is 17.0. The zero-order valence-corrected chi connectivity index (χ0v) is 14.4. The van der Waals surface area contributed by atoms with Crippen molar-refractivity contribution in [1.82, 2.24) is 19.9 Å². The number of nitriles is 1. The summed E-state index contributed by atoms with van der Waals surface area (Å²) in [6.45, 7) is 1.12. The van der Waals surface area contributed by atoms with Crippen LogP contribution in [-0.2, 0) is 6.42 Å². The van der Waals surface area contributed by atoms with Gasteiger partial charge in [0, 0.05) is 28.8 Å². The fraction of sp³-hybridized carbons (Fsp3) is 0.238. The van der Waals surface area contributed by atoms with E-state index >= 15 is 0 Å². The van der Waals surface area contributed by atoms with Gasteiger partial charge in [-0.05, 0) is 61.7 Å². The zero-order chi connectivity index (χ0) is 17.5. The number of imidazole rings is 1. The van der Waals surface area contributed by atoms with Crippen molar-refractivity contribution in [2.24, 2.45) is 0 Å². The molecule has 1 aliphatic heterocycles. The van der Waals surface area contributed by atoms with Crippen molar-refractivity contribution < 1.29 is 0 Å². The predicted octanol–water partition coefficient (Wildman–Crippen LogP) is 3.67. The first-order chi connectivity index (χ1) is 12.8. The molecule has 0 aliphatic carbocycles. The number of hydrogen-bond donors (Lipinski definition) is 2. The van der Waals surface area contributed by atoms with Gasteiger partial charge in [0.25, 0.3) is 0 Å². The van der Waals surface area contributed by atoms with Crippen LogP contribution < -0.4 is 5.32 Å². The molecule has 1 aliphatic rings. The third-order valence-corrected chi connectivity index (χ3v) is 5.30. The van der Waals surface area contributed by atoms with Gasteiger partial charge in [-0.15, -0.1) is 0 Å². The molecule has 5 rings (SSSR count). The number of nitrogens with one attached hydrogen (secondary N) is 2. The maximum absolute atomic E-state index is 9.55. The van der Waals surface area contributed by atoms with E-state index in [2.05, 4.69) is 39.7 Å². The molecular formula is C21H19N5. The maximum Gasteiger partial charge on any atom is 0.218 e. The van der Waals surface area contributed by atoms with Crippen molar-refractivity contribution in [1.29, 1.82) is 5.26 Å². The highest BCUT2D eigenvalue weighted by Gasteiger charge is 2.17. The lowest BCUT2D eigenvalue weighted by atomic mass is 10.0. The Hall–Kier alpha value is -3.10. The second kappa shape index (κ2) is 6.01. The van der Waals surface area contributed by atoms with Gasteiger partial charge in [-0.1, -0.05) is 12.1 Å². The van der Waals surface area contributed by atoms with Gasteiger partial charge in [0.2, 0.25) is 5.82 Å². The molecule has 3 heterocycles. The van der Waals surface area contributed by atoms with Crippen molar-refractivity contribution in [2.45, 2.75) is 25.3 Å². The van der Waals surface area contributed by atoms with Crippen LogP contribution in [0, 0.1) is 11.3 Å². The van der Waals surface area contributed by atoms with Crippen LogP contribution in [0.1, 0.15) is 24.2 Å². The van der Waals surface area contributed by atoms with E-state index in [0.29, 0.717) is 11.9 Å². The van der Waals surface area contributed by atoms with Gasteiger partial charge in [0.1, 0.15) is 6.07 Å². The van der Waals surface area contributed by atoms with Crippen LogP contribution in [0.3, 0.4) is 0 Å². The van der Waals surface area contributed by atoms with E-state index in [9.17, 15) is 5.26 Å². The SMILES string of the molecule is N#Cc1nc2ccccc2n1-c1ccc2[nH]cc(C[C@H]3CCCN3)c2c1. The Bertz CT molecular complexity index is 1140. The quantitative estimate of drug-likeness (QED) is 0.597. The number of fused-ring (bicyclic) bond motifs is 2. The Morgan fingerprint density at radius 3 is 3.00 bits per heavy atom. The number of hydrogen-bond acceptors (Lipinski definition) is 3. The summed E-state index contributed by atoms with van der Waals surface area (Å²) >= 11 is 0. The first kappa shape index (κ1) is 15.2. The minimum atomic E-state index is 0.417. The molecule has 128 valence electrons. The Balaban J connectivity index is 1.65. The van der Waals surface area contributed by atoms with Crippen molar-refractivity contribution in [3.05, 3.63) is 60.0 Å². The molecule has 0 bridgehead atoms. The summed E-state index contributed by atoms with van der Waals surface area (Å²) in [5.74, 6) is 0.417. The average Bonchev–Trinajstić information content (AvgIpc) is 3.40. The fourth-order valence-corrected chi connectivity index (χ4v) is 4.03. The number of nitrogens with zero attached hydrogens (tertiary/aromatic N) is 3. The Labute approximate surface area is 151 Å². The highest BCUT2D eigenvalue weighted by atomic mass is 15.1. The van der Waals surface area contributed by atoms with E-state index < -0.39 is 0 Å². The van der Waals surface area contributed by atoms with E-state index in [0.717, 1.165) is 35.2 Å². The number of rotatable bonds is 3. The van der Waals surface area contributed by atoms with Crippen LogP contribution in [0.5, 0.6) is 0 Å². The van der Waals surface area contributed by atoms with Gasteiger partial charge in [-0.2, -0.15) is 5.26 Å². The number of aromatic amines is 1. The molecule has 0 amide bonds. The van der Waals surface area contributed by atoms with E-state index in [1.165, 1.54) is 23.8 Å². The molecule has 1 saturated heterocycles. The largest absolute Gasteiger partial charge is 0.361 e. The first-order valence-corrected chi connectivity index (χ1v) is 9.05. The second-order valence-electron chi connectivity index (χ2n) is 6.91. The Kier molecular flexibility index (Phi) is 3.51. The lowest BCUT2D eigenvalue weighted by Gasteiger charge is -2.10. The van der Waals surface area contributed by atoms with E-state index in [4.69, 9.17) is 0 Å². The van der Waals surface area contributed by atoms with Crippen molar-refractivity contribution in [2.75, 3.05) is 6.54 Å². The monoisotopic (exact) mass is 341 g/mol. The molecule has 5 nitrogen and oxygen atoms in total. The first-order valence-electron chi connectivity index (χ1n) is 9.05. The van der Waals surface area contributed by atoms with Gasteiger partial charge >= 0.3 is 0 Å². The molecule has 5 heteroatoms. The molecule has 1 atom stereocenters. The van der Waals surface area contributed by atoms with Crippen molar-refractivity contribution >= 4 is 21.9 Å². The average molecular weight is 341 g/mol. The zero-order valence-electron chi connectivity index (χ0n) is 14.4. The van der Waals surface area contributed by atoms with Gasteiger partial charge in [-0.25, -0.2) is 4.98 Å². The minimum absolute atomic E-state index is 0.417. The standard InChI is InChI=1S/C21H19N5/c22-12-21-25-19-5-1-2-6-20(19)26(21)16-7-8-18-17(11-16)14(13-24-18)10-15-4-3-9-23-15/h1-2,5-8,11,13,15,23-24H,3-4,9-10H2/t15-/m1/s1. The predicted molar refractivity (Wildman–Crippen MR) is 102 cm³/mol. The van der Waals surface area contributed by atoms with Crippen LogP contribution >= 0.6 is 0 Å². The molecule has 26 heavy (non-hydrogen) atoms. The minimum Gasteiger partial charge on any atom is -0.361 e. The molecule has 1 fully saturated rings. The maximum atomic E-state index is 9.55. The van der Waals surface area contributed by atoms with Crippen molar-refractivity contribution in [3.8, 4) is 11.8 Å². The van der Waals surface area contributed by atoms with E-state index in [1.54, 1.807) is 0 Å². The summed E-state index contributed by atoms with van der Waals surface area (Å²) < 4.78 is 1.94. The summed E-state index contributed by atoms with van der Waals surface area (Å²) in [5.41, 5.74) is 5.23. The molecule has 4 aromatic rings. The Morgan fingerprint density at radius 2 is 2.15 bits per heavy atom. The summed E-state index contributed by atoms with van der Waals surface area (Å²) in [7, 11) is 0. The number of benzene rings is 2. The molecule has 0 radical (unpaired) electrons. The number of para-hydroxylation sites is 2. The number of H-pyrrole nitrogens is 1. The molecule has 0 spiro atoms. The van der Waals surface area contributed by atoms with Crippen LogP contribution in [0.25, 0.3) is 27.6 Å². The third kappa shape index (κ3) is 2.39. The van der Waals surface area contributed by atoms with Crippen LogP contribution in [0.4, 0.5) is 0 Å². The third-order valence-electron chi connectivity index (χ3n) is 5.30.